The summed E-state index contributed by atoms with van der Waals surface area (Å²) in [5, 5.41) is 3.32. The van der Waals surface area contributed by atoms with Crippen molar-refractivity contribution in [1.29, 1.82) is 0 Å². The number of pyridine rings is 1. The number of rotatable bonds is 4. The predicted octanol–water partition coefficient (Wildman–Crippen LogP) is 4.12. The summed E-state index contributed by atoms with van der Waals surface area (Å²) in [5.74, 6) is -0.307. The number of hydrogen-bond acceptors (Lipinski definition) is 3. The fourth-order valence-electron chi connectivity index (χ4n) is 1.69. The summed E-state index contributed by atoms with van der Waals surface area (Å²) >= 11 is 1.71. The monoisotopic (exact) mass is 262 g/mol. The molecule has 1 heterocycles. The molecule has 0 bridgehead atoms. The third-order valence-corrected chi connectivity index (χ3v) is 3.44. The second-order valence-corrected chi connectivity index (χ2v) is 4.91. The number of benzene rings is 1. The van der Waals surface area contributed by atoms with Crippen LogP contribution >= 0.6 is 11.8 Å². The third-order valence-electron chi connectivity index (χ3n) is 2.70. The molecule has 4 heteroatoms. The Bertz CT molecular complexity index is 513. The van der Waals surface area contributed by atoms with Crippen LogP contribution in [-0.2, 0) is 0 Å². The van der Waals surface area contributed by atoms with E-state index in [9.17, 15) is 4.39 Å². The molecule has 1 N–H and O–H groups in total. The standard InChI is InChI=1S/C14H15FN2S/c1-10(11-7-12(15)9-16-8-11)17-13-3-5-14(18-2)6-4-13/h3-10,17H,1-2H3. The van der Waals surface area contributed by atoms with Crippen molar-refractivity contribution in [1.82, 2.24) is 4.98 Å². The highest BCUT2D eigenvalue weighted by Gasteiger charge is 2.06. The lowest BCUT2D eigenvalue weighted by Crippen LogP contribution is -2.07. The van der Waals surface area contributed by atoms with Gasteiger partial charge in [-0.25, -0.2) is 4.39 Å². The molecule has 1 aromatic heterocycles. The molecular weight excluding hydrogens is 247 g/mol. The topological polar surface area (TPSA) is 24.9 Å². The molecule has 1 aromatic carbocycles. The maximum atomic E-state index is 13.1. The molecule has 18 heavy (non-hydrogen) atoms. The fourth-order valence-corrected chi connectivity index (χ4v) is 2.09. The number of hydrogen-bond donors (Lipinski definition) is 1. The first-order valence-corrected chi connectivity index (χ1v) is 6.92. The molecule has 0 radical (unpaired) electrons. The van der Waals surface area contributed by atoms with Crippen molar-refractivity contribution < 1.29 is 4.39 Å². The molecule has 2 aromatic rings. The molecular formula is C14H15FN2S. The first-order chi connectivity index (χ1) is 8.69. The molecule has 0 amide bonds. The summed E-state index contributed by atoms with van der Waals surface area (Å²) in [6, 6.07) is 9.69. The average molecular weight is 262 g/mol. The van der Waals surface area contributed by atoms with Crippen LogP contribution in [0.2, 0.25) is 0 Å². The quantitative estimate of drug-likeness (QED) is 0.839. The van der Waals surface area contributed by atoms with Gasteiger partial charge in [-0.15, -0.1) is 11.8 Å². The highest BCUT2D eigenvalue weighted by molar-refractivity contribution is 7.98. The van der Waals surface area contributed by atoms with E-state index < -0.39 is 0 Å². The summed E-state index contributed by atoms with van der Waals surface area (Å²) in [7, 11) is 0. The van der Waals surface area contributed by atoms with Crippen molar-refractivity contribution in [2.45, 2.75) is 17.9 Å². The zero-order valence-electron chi connectivity index (χ0n) is 10.4. The van der Waals surface area contributed by atoms with E-state index in [2.05, 4.69) is 22.4 Å². The lowest BCUT2D eigenvalue weighted by molar-refractivity contribution is 0.616. The van der Waals surface area contributed by atoms with Crippen molar-refractivity contribution >= 4 is 17.4 Å². The third kappa shape index (κ3) is 3.23. The molecule has 94 valence electrons. The maximum Gasteiger partial charge on any atom is 0.141 e. The SMILES string of the molecule is CSc1ccc(NC(C)c2cncc(F)c2)cc1. The van der Waals surface area contributed by atoms with Crippen LogP contribution in [0.4, 0.5) is 10.1 Å². The maximum absolute atomic E-state index is 13.1. The minimum absolute atomic E-state index is 0.0216. The molecule has 0 aliphatic heterocycles. The smallest absolute Gasteiger partial charge is 0.141 e. The van der Waals surface area contributed by atoms with Crippen LogP contribution in [0, 0.1) is 5.82 Å². The van der Waals surface area contributed by atoms with E-state index in [1.807, 2.05) is 25.3 Å². The van der Waals surface area contributed by atoms with Gasteiger partial charge in [0.1, 0.15) is 5.82 Å². The van der Waals surface area contributed by atoms with Crippen molar-refractivity contribution in [3.63, 3.8) is 0 Å². The van der Waals surface area contributed by atoms with Gasteiger partial charge < -0.3 is 5.32 Å². The Hall–Kier alpha value is -1.55. The summed E-state index contributed by atoms with van der Waals surface area (Å²) in [6.07, 6.45) is 4.93. The van der Waals surface area contributed by atoms with Gasteiger partial charge in [-0.1, -0.05) is 0 Å². The zero-order valence-corrected chi connectivity index (χ0v) is 11.2. The largest absolute Gasteiger partial charge is 0.378 e. The van der Waals surface area contributed by atoms with Gasteiger partial charge >= 0.3 is 0 Å². The summed E-state index contributed by atoms with van der Waals surface area (Å²) in [5.41, 5.74) is 1.86. The molecule has 0 saturated carbocycles. The van der Waals surface area contributed by atoms with Crippen LogP contribution in [0.1, 0.15) is 18.5 Å². The molecule has 1 atom stereocenters. The Morgan fingerprint density at radius 3 is 2.56 bits per heavy atom. The van der Waals surface area contributed by atoms with Crippen LogP contribution in [0.5, 0.6) is 0 Å². The second kappa shape index (κ2) is 5.87. The van der Waals surface area contributed by atoms with Crippen molar-refractivity contribution in [2.24, 2.45) is 0 Å². The molecule has 1 unspecified atom stereocenters. The number of halogens is 1. The van der Waals surface area contributed by atoms with E-state index in [1.54, 1.807) is 18.0 Å². The summed E-state index contributed by atoms with van der Waals surface area (Å²) in [4.78, 5) is 5.08. The van der Waals surface area contributed by atoms with Gasteiger partial charge in [0, 0.05) is 16.8 Å². The van der Waals surface area contributed by atoms with Gasteiger partial charge in [-0.2, -0.15) is 0 Å². The molecule has 0 aliphatic carbocycles. The normalized spacial score (nSPS) is 12.2. The van der Waals surface area contributed by atoms with Crippen LogP contribution in [-0.4, -0.2) is 11.2 Å². The molecule has 0 spiro atoms. The van der Waals surface area contributed by atoms with E-state index in [0.717, 1.165) is 11.3 Å². The molecule has 0 fully saturated rings. The highest BCUT2D eigenvalue weighted by Crippen LogP contribution is 2.22. The average Bonchev–Trinajstić information content (AvgIpc) is 2.39. The number of aromatic nitrogens is 1. The Labute approximate surface area is 111 Å². The Kier molecular flexibility index (Phi) is 4.20. The van der Waals surface area contributed by atoms with E-state index in [4.69, 9.17) is 0 Å². The van der Waals surface area contributed by atoms with Crippen molar-refractivity contribution in [2.75, 3.05) is 11.6 Å². The first kappa shape index (κ1) is 12.9. The van der Waals surface area contributed by atoms with Crippen LogP contribution in [0.15, 0.2) is 47.6 Å². The Morgan fingerprint density at radius 1 is 1.22 bits per heavy atom. The second-order valence-electron chi connectivity index (χ2n) is 4.03. The Morgan fingerprint density at radius 2 is 1.94 bits per heavy atom. The highest BCUT2D eigenvalue weighted by atomic mass is 32.2. The van der Waals surface area contributed by atoms with E-state index in [0.29, 0.717) is 0 Å². The van der Waals surface area contributed by atoms with Crippen LogP contribution < -0.4 is 5.32 Å². The molecule has 0 aliphatic rings. The predicted molar refractivity (Wildman–Crippen MR) is 74.5 cm³/mol. The van der Waals surface area contributed by atoms with Crippen molar-refractivity contribution in [3.8, 4) is 0 Å². The number of thioether (sulfide) groups is 1. The van der Waals surface area contributed by atoms with Gasteiger partial charge in [-0.05, 0) is 49.1 Å². The number of nitrogens with one attached hydrogen (secondary N) is 1. The van der Waals surface area contributed by atoms with Gasteiger partial charge in [0.05, 0.1) is 12.2 Å². The summed E-state index contributed by atoms with van der Waals surface area (Å²) < 4.78 is 13.1. The molecule has 2 nitrogen and oxygen atoms in total. The first-order valence-electron chi connectivity index (χ1n) is 5.70. The van der Waals surface area contributed by atoms with Gasteiger partial charge in [0.15, 0.2) is 0 Å². The molecule has 0 saturated heterocycles. The van der Waals surface area contributed by atoms with Crippen molar-refractivity contribution in [3.05, 3.63) is 54.1 Å². The van der Waals surface area contributed by atoms with E-state index in [-0.39, 0.29) is 11.9 Å². The summed E-state index contributed by atoms with van der Waals surface area (Å²) in [6.45, 7) is 1.99. The van der Waals surface area contributed by atoms with E-state index >= 15 is 0 Å². The van der Waals surface area contributed by atoms with Gasteiger partial charge in [0.25, 0.3) is 0 Å². The minimum atomic E-state index is -0.307. The number of nitrogens with zero attached hydrogens (tertiary/aromatic N) is 1. The number of anilines is 1. The minimum Gasteiger partial charge on any atom is -0.378 e. The van der Waals surface area contributed by atoms with Gasteiger partial charge in [-0.3, -0.25) is 4.98 Å². The van der Waals surface area contributed by atoms with Crippen LogP contribution in [0.3, 0.4) is 0 Å². The lowest BCUT2D eigenvalue weighted by atomic mass is 10.1. The molecule has 2 rings (SSSR count). The van der Waals surface area contributed by atoms with Gasteiger partial charge in [0.2, 0.25) is 0 Å². The van der Waals surface area contributed by atoms with Crippen LogP contribution in [0.25, 0.3) is 0 Å². The fraction of sp³-hybridized carbons (Fsp3) is 0.214. The zero-order chi connectivity index (χ0) is 13.0. The lowest BCUT2D eigenvalue weighted by Gasteiger charge is -2.15. The van der Waals surface area contributed by atoms with E-state index in [1.165, 1.54) is 17.2 Å². The Balaban J connectivity index is 2.08.